The molecule has 2 aromatic rings. The Morgan fingerprint density at radius 3 is 2.47 bits per heavy atom. The number of halogens is 2. The third kappa shape index (κ3) is 3.22. The third-order valence-electron chi connectivity index (χ3n) is 2.13. The van der Waals surface area contributed by atoms with E-state index < -0.39 is 5.24 Å². The highest BCUT2D eigenvalue weighted by atomic mass is 35.5. The minimum absolute atomic E-state index is 0.533. The largest absolute Gasteiger partial charge is 0.457 e. The molecule has 0 fully saturated rings. The van der Waals surface area contributed by atoms with Crippen molar-refractivity contribution in [2.75, 3.05) is 0 Å². The van der Waals surface area contributed by atoms with Gasteiger partial charge >= 0.3 is 0 Å². The van der Waals surface area contributed by atoms with Crippen molar-refractivity contribution in [1.82, 2.24) is 0 Å². The van der Waals surface area contributed by atoms with E-state index in [9.17, 15) is 4.79 Å². The van der Waals surface area contributed by atoms with E-state index in [0.29, 0.717) is 16.5 Å². The molecule has 0 aliphatic heterocycles. The van der Waals surface area contributed by atoms with Gasteiger partial charge in [-0.2, -0.15) is 0 Å². The van der Waals surface area contributed by atoms with Gasteiger partial charge in [0, 0.05) is 16.7 Å². The topological polar surface area (TPSA) is 30.2 Å². The maximum absolute atomic E-state index is 10.6. The van der Waals surface area contributed by atoms with Crippen molar-refractivity contribution in [3.63, 3.8) is 0 Å². The van der Waals surface area contributed by atoms with Gasteiger partial charge in [-0.05, 0) is 54.1 Å². The van der Waals surface area contributed by atoms with E-state index in [1.165, 1.54) is 12.2 Å². The lowest BCUT2D eigenvalue weighted by molar-refractivity contribution is -0.107. The van der Waals surface area contributed by atoms with Crippen LogP contribution < -0.4 is 0 Å². The average Bonchev–Trinajstić information content (AvgIpc) is 2.76. The Balaban J connectivity index is 2.23. The monoisotopic (exact) mass is 266 g/mol. The Morgan fingerprint density at radius 2 is 1.82 bits per heavy atom. The number of hydrogen-bond acceptors (Lipinski definition) is 2. The molecule has 0 saturated heterocycles. The molecule has 1 aromatic carbocycles. The van der Waals surface area contributed by atoms with Gasteiger partial charge in [0.25, 0.3) is 0 Å². The summed E-state index contributed by atoms with van der Waals surface area (Å²) in [7, 11) is 0. The molecule has 86 valence electrons. The second kappa shape index (κ2) is 5.21. The first-order valence-corrected chi connectivity index (χ1v) is 5.64. The van der Waals surface area contributed by atoms with E-state index in [-0.39, 0.29) is 0 Å². The van der Waals surface area contributed by atoms with Gasteiger partial charge in [0.05, 0.1) is 0 Å². The van der Waals surface area contributed by atoms with Crippen LogP contribution in [0.2, 0.25) is 5.02 Å². The molecule has 2 nitrogen and oxygen atoms in total. The molecule has 17 heavy (non-hydrogen) atoms. The molecule has 0 bridgehead atoms. The number of carbonyl (C=O) groups is 1. The van der Waals surface area contributed by atoms with Gasteiger partial charge < -0.3 is 4.42 Å². The molecule has 0 amide bonds. The molecule has 0 atom stereocenters. The Hall–Kier alpha value is -1.51. The summed E-state index contributed by atoms with van der Waals surface area (Å²) in [6.45, 7) is 0. The summed E-state index contributed by atoms with van der Waals surface area (Å²) in [5, 5.41) is 0.141. The summed E-state index contributed by atoms with van der Waals surface area (Å²) in [6, 6.07) is 10.9. The summed E-state index contributed by atoms with van der Waals surface area (Å²) in [6.07, 6.45) is 2.76. The van der Waals surface area contributed by atoms with Crippen LogP contribution in [0.3, 0.4) is 0 Å². The fourth-order valence-electron chi connectivity index (χ4n) is 1.36. The Kier molecular flexibility index (Phi) is 3.67. The molecule has 0 spiro atoms. The van der Waals surface area contributed by atoms with Gasteiger partial charge in [-0.1, -0.05) is 11.6 Å². The second-order valence-electron chi connectivity index (χ2n) is 3.35. The highest BCUT2D eigenvalue weighted by molar-refractivity contribution is 6.66. The van der Waals surface area contributed by atoms with Crippen molar-refractivity contribution in [1.29, 1.82) is 0 Å². The highest BCUT2D eigenvalue weighted by Crippen LogP contribution is 2.24. The van der Waals surface area contributed by atoms with E-state index in [1.54, 1.807) is 18.2 Å². The van der Waals surface area contributed by atoms with Gasteiger partial charge in [0.1, 0.15) is 11.5 Å². The van der Waals surface area contributed by atoms with Crippen molar-refractivity contribution >= 4 is 34.5 Å². The number of benzene rings is 1. The van der Waals surface area contributed by atoms with E-state index in [0.717, 1.165) is 5.56 Å². The predicted molar refractivity (Wildman–Crippen MR) is 69.0 cm³/mol. The SMILES string of the molecule is O=C(Cl)C=Cc1ccc(-c2ccc(Cl)cc2)o1. The maximum Gasteiger partial charge on any atom is 0.245 e. The van der Waals surface area contributed by atoms with E-state index in [4.69, 9.17) is 27.6 Å². The highest BCUT2D eigenvalue weighted by Gasteiger charge is 2.02. The zero-order chi connectivity index (χ0) is 12.3. The van der Waals surface area contributed by atoms with Gasteiger partial charge in [-0.3, -0.25) is 4.79 Å². The van der Waals surface area contributed by atoms with Gasteiger partial charge in [0.2, 0.25) is 5.24 Å². The zero-order valence-electron chi connectivity index (χ0n) is 8.69. The fourth-order valence-corrected chi connectivity index (χ4v) is 1.55. The van der Waals surface area contributed by atoms with E-state index >= 15 is 0 Å². The average molecular weight is 267 g/mol. The Morgan fingerprint density at radius 1 is 1.12 bits per heavy atom. The van der Waals surface area contributed by atoms with Crippen LogP contribution in [0, 0.1) is 0 Å². The van der Waals surface area contributed by atoms with Gasteiger partial charge in [-0.25, -0.2) is 0 Å². The summed E-state index contributed by atoms with van der Waals surface area (Å²) in [4.78, 5) is 10.6. The van der Waals surface area contributed by atoms with Crippen LogP contribution >= 0.6 is 23.2 Å². The maximum atomic E-state index is 10.6. The van der Waals surface area contributed by atoms with Crippen molar-refractivity contribution in [2.24, 2.45) is 0 Å². The molecule has 0 saturated carbocycles. The lowest BCUT2D eigenvalue weighted by atomic mass is 10.2. The second-order valence-corrected chi connectivity index (χ2v) is 4.16. The first-order chi connectivity index (χ1) is 8.15. The lowest BCUT2D eigenvalue weighted by Crippen LogP contribution is -1.74. The molecule has 2 rings (SSSR count). The summed E-state index contributed by atoms with van der Waals surface area (Å²) < 4.78 is 5.52. The molecule has 0 N–H and O–H groups in total. The van der Waals surface area contributed by atoms with Crippen LogP contribution in [0.25, 0.3) is 17.4 Å². The fraction of sp³-hybridized carbons (Fsp3) is 0. The van der Waals surface area contributed by atoms with Crippen LogP contribution in [0.5, 0.6) is 0 Å². The summed E-state index contributed by atoms with van der Waals surface area (Å²) in [5.41, 5.74) is 0.922. The van der Waals surface area contributed by atoms with Crippen molar-refractivity contribution in [3.05, 3.63) is 53.3 Å². The first-order valence-electron chi connectivity index (χ1n) is 4.88. The normalized spacial score (nSPS) is 10.9. The summed E-state index contributed by atoms with van der Waals surface area (Å²) in [5.74, 6) is 1.28. The standard InChI is InChI=1S/C13H8Cl2O2/c14-10-3-1-9(2-4-10)12-7-5-11(17-12)6-8-13(15)16/h1-8H. The van der Waals surface area contributed by atoms with E-state index in [2.05, 4.69) is 0 Å². The molecule has 0 aliphatic carbocycles. The number of furan rings is 1. The molecule has 4 heteroatoms. The van der Waals surface area contributed by atoms with Gasteiger partial charge in [-0.15, -0.1) is 0 Å². The minimum atomic E-state index is -0.533. The third-order valence-corrected chi connectivity index (χ3v) is 2.51. The van der Waals surface area contributed by atoms with Crippen LogP contribution in [-0.4, -0.2) is 5.24 Å². The number of hydrogen-bond donors (Lipinski definition) is 0. The quantitative estimate of drug-likeness (QED) is 0.610. The molecular formula is C13H8Cl2O2. The van der Waals surface area contributed by atoms with Crippen molar-refractivity contribution in [3.8, 4) is 11.3 Å². The lowest BCUT2D eigenvalue weighted by Gasteiger charge is -1.96. The minimum Gasteiger partial charge on any atom is -0.457 e. The van der Waals surface area contributed by atoms with Crippen molar-refractivity contribution < 1.29 is 9.21 Å². The molecule has 0 unspecified atom stereocenters. The smallest absolute Gasteiger partial charge is 0.245 e. The predicted octanol–water partition coefficient (Wildman–Crippen LogP) is 4.38. The molecule has 1 heterocycles. The summed E-state index contributed by atoms with van der Waals surface area (Å²) >= 11 is 11.0. The van der Waals surface area contributed by atoms with Crippen LogP contribution in [0.4, 0.5) is 0 Å². The van der Waals surface area contributed by atoms with E-state index in [1.807, 2.05) is 18.2 Å². The Labute approximate surface area is 108 Å². The van der Waals surface area contributed by atoms with Crippen molar-refractivity contribution in [2.45, 2.75) is 0 Å². The number of carbonyl (C=O) groups excluding carboxylic acids is 1. The zero-order valence-corrected chi connectivity index (χ0v) is 10.2. The number of rotatable bonds is 3. The molecular weight excluding hydrogens is 259 g/mol. The first kappa shape index (κ1) is 12.0. The molecule has 0 aliphatic rings. The molecule has 0 radical (unpaired) electrons. The van der Waals surface area contributed by atoms with Gasteiger partial charge in [0.15, 0.2) is 0 Å². The van der Waals surface area contributed by atoms with Crippen LogP contribution in [0.15, 0.2) is 46.9 Å². The Bertz CT molecular complexity index is 553. The molecule has 1 aromatic heterocycles. The van der Waals surface area contributed by atoms with Crippen LogP contribution in [-0.2, 0) is 4.79 Å². The van der Waals surface area contributed by atoms with Crippen LogP contribution in [0.1, 0.15) is 5.76 Å². The number of allylic oxidation sites excluding steroid dienone is 1.